The standard InChI is InChI=1S/C24H28N4O4/c1-24(19-5-3-2-4-6-19,23(32)28-13-11-16(12-14-28)15-20(29)30)27-22(31)18-9-7-17(8-10-18)21(25)26/h2-10,16H,11-15H2,1H3,(H3,25,26)(H,27,31)(H,29,30)/t24-/m1/s1. The number of hydrogen-bond acceptors (Lipinski definition) is 4. The highest BCUT2D eigenvalue weighted by Crippen LogP contribution is 2.28. The Bertz CT molecular complexity index is 998. The molecule has 0 spiro atoms. The lowest BCUT2D eigenvalue weighted by molar-refractivity contribution is -0.140. The van der Waals surface area contributed by atoms with Crippen molar-refractivity contribution in [3.05, 3.63) is 71.3 Å². The van der Waals surface area contributed by atoms with Gasteiger partial charge in [0.1, 0.15) is 11.4 Å². The third kappa shape index (κ3) is 5.14. The maximum absolute atomic E-state index is 13.6. The van der Waals surface area contributed by atoms with Crippen LogP contribution in [0.2, 0.25) is 0 Å². The molecule has 1 heterocycles. The molecule has 2 aromatic carbocycles. The van der Waals surface area contributed by atoms with E-state index in [1.54, 1.807) is 48.2 Å². The molecule has 168 valence electrons. The molecule has 8 heteroatoms. The summed E-state index contributed by atoms with van der Waals surface area (Å²) in [4.78, 5) is 39.3. The number of hydrogen-bond donors (Lipinski definition) is 4. The van der Waals surface area contributed by atoms with Crippen LogP contribution in [-0.4, -0.2) is 46.7 Å². The van der Waals surface area contributed by atoms with Gasteiger partial charge < -0.3 is 21.1 Å². The fraction of sp³-hybridized carbons (Fsp3) is 0.333. The molecule has 1 aliphatic heterocycles. The first kappa shape index (κ1) is 23.0. The molecule has 2 amide bonds. The zero-order valence-corrected chi connectivity index (χ0v) is 18.0. The number of carbonyl (C=O) groups excluding carboxylic acids is 2. The number of carbonyl (C=O) groups is 3. The van der Waals surface area contributed by atoms with E-state index in [4.69, 9.17) is 16.2 Å². The largest absolute Gasteiger partial charge is 0.481 e. The van der Waals surface area contributed by atoms with Gasteiger partial charge in [0.05, 0.1) is 0 Å². The van der Waals surface area contributed by atoms with Crippen molar-refractivity contribution in [2.75, 3.05) is 13.1 Å². The second-order valence-corrected chi connectivity index (χ2v) is 8.27. The van der Waals surface area contributed by atoms with Crippen LogP contribution in [0.25, 0.3) is 0 Å². The van der Waals surface area contributed by atoms with Crippen molar-refractivity contribution in [2.45, 2.75) is 31.7 Å². The number of amidine groups is 1. The summed E-state index contributed by atoms with van der Waals surface area (Å²) < 4.78 is 0. The van der Waals surface area contributed by atoms with Gasteiger partial charge >= 0.3 is 5.97 Å². The Labute approximate surface area is 186 Å². The van der Waals surface area contributed by atoms with Crippen molar-refractivity contribution in [1.82, 2.24) is 10.2 Å². The Kier molecular flexibility index (Phi) is 6.92. The number of nitrogens with one attached hydrogen (secondary N) is 2. The van der Waals surface area contributed by atoms with Crippen LogP contribution in [0, 0.1) is 11.3 Å². The summed E-state index contributed by atoms with van der Waals surface area (Å²) >= 11 is 0. The Morgan fingerprint density at radius 3 is 2.16 bits per heavy atom. The van der Waals surface area contributed by atoms with Crippen molar-refractivity contribution in [2.24, 2.45) is 11.7 Å². The van der Waals surface area contributed by atoms with Gasteiger partial charge in [-0.3, -0.25) is 19.8 Å². The molecule has 0 radical (unpaired) electrons. The number of nitrogens with two attached hydrogens (primary N) is 1. The second-order valence-electron chi connectivity index (χ2n) is 8.27. The lowest BCUT2D eigenvalue weighted by Crippen LogP contribution is -2.57. The van der Waals surface area contributed by atoms with Gasteiger partial charge in [0, 0.05) is 30.6 Å². The molecule has 0 aromatic heterocycles. The van der Waals surface area contributed by atoms with E-state index < -0.39 is 17.4 Å². The number of aliphatic carboxylic acids is 1. The molecular weight excluding hydrogens is 408 g/mol. The highest BCUT2D eigenvalue weighted by atomic mass is 16.4. The van der Waals surface area contributed by atoms with Gasteiger partial charge in [-0.05, 0) is 43.4 Å². The number of rotatable bonds is 7. The highest BCUT2D eigenvalue weighted by molar-refractivity contribution is 6.01. The van der Waals surface area contributed by atoms with Gasteiger partial charge in [0.15, 0.2) is 0 Å². The van der Waals surface area contributed by atoms with Gasteiger partial charge in [0.25, 0.3) is 11.8 Å². The molecule has 0 unspecified atom stereocenters. The summed E-state index contributed by atoms with van der Waals surface area (Å²) in [6.45, 7) is 2.58. The number of nitrogens with zero attached hydrogens (tertiary/aromatic N) is 1. The first-order chi connectivity index (χ1) is 15.2. The SMILES string of the molecule is C[C@](NC(=O)c1ccc(C(=N)N)cc1)(C(=O)N1CCC(CC(=O)O)CC1)c1ccccc1. The van der Waals surface area contributed by atoms with Crippen molar-refractivity contribution in [3.63, 3.8) is 0 Å². The van der Waals surface area contributed by atoms with Gasteiger partial charge in [-0.1, -0.05) is 42.5 Å². The summed E-state index contributed by atoms with van der Waals surface area (Å²) in [6.07, 6.45) is 1.33. The smallest absolute Gasteiger partial charge is 0.303 e. The summed E-state index contributed by atoms with van der Waals surface area (Å²) in [6, 6.07) is 15.4. The minimum absolute atomic E-state index is 0.0499. The molecule has 3 rings (SSSR count). The average molecular weight is 437 g/mol. The predicted molar refractivity (Wildman–Crippen MR) is 120 cm³/mol. The van der Waals surface area contributed by atoms with E-state index in [-0.39, 0.29) is 24.1 Å². The lowest BCUT2D eigenvalue weighted by Gasteiger charge is -2.39. The van der Waals surface area contributed by atoms with E-state index in [1.165, 1.54) is 0 Å². The molecule has 1 fully saturated rings. The Morgan fingerprint density at radius 1 is 1.06 bits per heavy atom. The van der Waals surface area contributed by atoms with Gasteiger partial charge in [-0.15, -0.1) is 0 Å². The number of carboxylic acids is 1. The quantitative estimate of drug-likeness (QED) is 0.390. The summed E-state index contributed by atoms with van der Waals surface area (Å²) in [5.41, 5.74) is 5.70. The number of piperidine rings is 1. The van der Waals surface area contributed by atoms with Crippen molar-refractivity contribution >= 4 is 23.6 Å². The van der Waals surface area contributed by atoms with Crippen LogP contribution in [0.4, 0.5) is 0 Å². The van der Waals surface area contributed by atoms with E-state index in [0.717, 1.165) is 0 Å². The minimum Gasteiger partial charge on any atom is -0.481 e. The number of nitrogen functional groups attached to an aromatic ring is 1. The maximum Gasteiger partial charge on any atom is 0.303 e. The molecular formula is C24H28N4O4. The van der Waals surface area contributed by atoms with Crippen LogP contribution in [-0.2, 0) is 15.1 Å². The number of benzene rings is 2. The number of carboxylic acid groups (broad SMARTS) is 1. The van der Waals surface area contributed by atoms with E-state index in [0.29, 0.717) is 42.6 Å². The van der Waals surface area contributed by atoms with Crippen molar-refractivity contribution < 1.29 is 19.5 Å². The van der Waals surface area contributed by atoms with Gasteiger partial charge in [0.2, 0.25) is 0 Å². The molecule has 0 saturated carbocycles. The van der Waals surface area contributed by atoms with Crippen LogP contribution in [0.1, 0.15) is 47.7 Å². The van der Waals surface area contributed by atoms with E-state index in [2.05, 4.69) is 5.32 Å². The van der Waals surface area contributed by atoms with Crippen molar-refractivity contribution in [1.29, 1.82) is 5.41 Å². The molecule has 1 atom stereocenters. The highest BCUT2D eigenvalue weighted by Gasteiger charge is 2.41. The van der Waals surface area contributed by atoms with Crippen LogP contribution in [0.15, 0.2) is 54.6 Å². The predicted octanol–water partition coefficient (Wildman–Crippen LogP) is 2.33. The maximum atomic E-state index is 13.6. The first-order valence-electron chi connectivity index (χ1n) is 10.5. The van der Waals surface area contributed by atoms with Crippen LogP contribution in [0.5, 0.6) is 0 Å². The molecule has 32 heavy (non-hydrogen) atoms. The lowest BCUT2D eigenvalue weighted by atomic mass is 9.87. The number of likely N-dealkylation sites (tertiary alicyclic amines) is 1. The summed E-state index contributed by atoms with van der Waals surface area (Å²) in [5, 5.41) is 19.4. The number of amides is 2. The Balaban J connectivity index is 1.82. The minimum atomic E-state index is -1.29. The monoisotopic (exact) mass is 436 g/mol. The summed E-state index contributed by atoms with van der Waals surface area (Å²) in [5.74, 6) is -1.51. The molecule has 2 aromatic rings. The third-order valence-corrected chi connectivity index (χ3v) is 5.97. The normalized spacial score (nSPS) is 16.1. The Hall–Kier alpha value is -3.68. The van der Waals surface area contributed by atoms with Crippen LogP contribution >= 0.6 is 0 Å². The van der Waals surface area contributed by atoms with Gasteiger partial charge in [-0.25, -0.2) is 0 Å². The molecule has 1 saturated heterocycles. The topological polar surface area (TPSA) is 137 Å². The van der Waals surface area contributed by atoms with E-state index >= 15 is 0 Å². The fourth-order valence-electron chi connectivity index (χ4n) is 4.02. The Morgan fingerprint density at radius 2 is 1.62 bits per heavy atom. The molecule has 5 N–H and O–H groups in total. The van der Waals surface area contributed by atoms with Crippen LogP contribution in [0.3, 0.4) is 0 Å². The first-order valence-corrected chi connectivity index (χ1v) is 10.5. The summed E-state index contributed by atoms with van der Waals surface area (Å²) in [7, 11) is 0. The zero-order valence-electron chi connectivity index (χ0n) is 18.0. The van der Waals surface area contributed by atoms with Crippen LogP contribution < -0.4 is 11.1 Å². The molecule has 8 nitrogen and oxygen atoms in total. The average Bonchev–Trinajstić information content (AvgIpc) is 2.79. The fourth-order valence-corrected chi connectivity index (χ4v) is 4.02. The second kappa shape index (κ2) is 9.64. The molecule has 1 aliphatic rings. The third-order valence-electron chi connectivity index (χ3n) is 5.97. The molecule has 0 aliphatic carbocycles. The van der Waals surface area contributed by atoms with Gasteiger partial charge in [-0.2, -0.15) is 0 Å². The molecule has 0 bridgehead atoms. The van der Waals surface area contributed by atoms with Crippen molar-refractivity contribution in [3.8, 4) is 0 Å². The van der Waals surface area contributed by atoms with E-state index in [9.17, 15) is 14.4 Å². The van der Waals surface area contributed by atoms with E-state index in [1.807, 2.05) is 18.2 Å². The zero-order chi connectivity index (χ0) is 23.3.